The molecule has 0 N–H and O–H groups in total. The molecule has 0 unspecified atom stereocenters. The molecule has 0 amide bonds. The van der Waals surface area contributed by atoms with Crippen molar-refractivity contribution in [2.24, 2.45) is 0 Å². The van der Waals surface area contributed by atoms with Gasteiger partial charge in [0.05, 0.1) is 5.69 Å². The van der Waals surface area contributed by atoms with Crippen molar-refractivity contribution >= 4 is 0 Å². The Kier molecular flexibility index (Phi) is 2.45. The van der Waals surface area contributed by atoms with Gasteiger partial charge in [0, 0.05) is 35.3 Å². The van der Waals surface area contributed by atoms with Gasteiger partial charge in [-0.3, -0.25) is 4.98 Å². The van der Waals surface area contributed by atoms with Crippen molar-refractivity contribution in [3.05, 3.63) is 60.6 Å². The van der Waals surface area contributed by atoms with E-state index in [2.05, 4.69) is 9.97 Å². The fourth-order valence-electron chi connectivity index (χ4n) is 2.33. The number of nitrogens with zero attached hydrogens (tertiary/aromatic N) is 3. The minimum atomic E-state index is 0.517. The predicted molar refractivity (Wildman–Crippen MR) is 75.0 cm³/mol. The molecule has 0 atom stereocenters. The van der Waals surface area contributed by atoms with Gasteiger partial charge >= 0.3 is 0 Å². The normalized spacial score (nSPS) is 12.2. The summed E-state index contributed by atoms with van der Waals surface area (Å²) < 4.78 is 5.71. The number of pyridine rings is 1. The second kappa shape index (κ2) is 4.42. The topological polar surface area (TPSA) is 47.9 Å². The molecule has 3 aromatic rings. The molecule has 2 aromatic heterocycles. The van der Waals surface area contributed by atoms with E-state index in [1.165, 1.54) is 0 Å². The SMILES string of the molecule is c1ccc2c(c1)OCc1cnc(-c3ccncc3)nc1-2. The zero-order chi connectivity index (χ0) is 13.4. The molecule has 96 valence electrons. The van der Waals surface area contributed by atoms with E-state index in [-0.39, 0.29) is 0 Å². The van der Waals surface area contributed by atoms with Gasteiger partial charge in [0.1, 0.15) is 12.4 Å². The lowest BCUT2D eigenvalue weighted by molar-refractivity contribution is 0.301. The highest BCUT2D eigenvalue weighted by Gasteiger charge is 2.19. The number of ether oxygens (including phenoxy) is 1. The van der Waals surface area contributed by atoms with Crippen LogP contribution in [0.15, 0.2) is 55.0 Å². The van der Waals surface area contributed by atoms with Crippen molar-refractivity contribution in [2.75, 3.05) is 0 Å². The molecule has 0 radical (unpaired) electrons. The molecule has 0 fully saturated rings. The van der Waals surface area contributed by atoms with Crippen molar-refractivity contribution in [3.63, 3.8) is 0 Å². The zero-order valence-corrected chi connectivity index (χ0v) is 10.7. The summed E-state index contributed by atoms with van der Waals surface area (Å²) in [5, 5.41) is 0. The summed E-state index contributed by atoms with van der Waals surface area (Å²) in [6.45, 7) is 0.517. The maximum Gasteiger partial charge on any atom is 0.159 e. The highest BCUT2D eigenvalue weighted by Crippen LogP contribution is 2.36. The number of hydrogen-bond acceptors (Lipinski definition) is 4. The number of benzene rings is 1. The van der Waals surface area contributed by atoms with Crippen molar-refractivity contribution in [3.8, 4) is 28.4 Å². The van der Waals surface area contributed by atoms with Crippen LogP contribution in [0, 0.1) is 0 Å². The standard InChI is InChI=1S/C16H11N3O/c1-2-4-14-13(3-1)15-12(10-20-14)9-18-16(19-15)11-5-7-17-8-6-11/h1-9H,10H2. The van der Waals surface area contributed by atoms with Crippen LogP contribution in [-0.4, -0.2) is 15.0 Å². The lowest BCUT2D eigenvalue weighted by atomic mass is 10.0. The molecule has 1 aliphatic heterocycles. The van der Waals surface area contributed by atoms with Crippen LogP contribution < -0.4 is 4.74 Å². The Labute approximate surface area is 116 Å². The van der Waals surface area contributed by atoms with E-state index >= 15 is 0 Å². The fourth-order valence-corrected chi connectivity index (χ4v) is 2.33. The molecular formula is C16H11N3O. The van der Waals surface area contributed by atoms with E-state index < -0.39 is 0 Å². The molecule has 4 nitrogen and oxygen atoms in total. The summed E-state index contributed by atoms with van der Waals surface area (Å²) in [6, 6.07) is 11.8. The van der Waals surface area contributed by atoms with Crippen LogP contribution in [0.1, 0.15) is 5.56 Å². The number of hydrogen-bond donors (Lipinski definition) is 0. The molecule has 20 heavy (non-hydrogen) atoms. The molecule has 4 heteroatoms. The van der Waals surface area contributed by atoms with Crippen molar-refractivity contribution in [2.45, 2.75) is 6.61 Å². The summed E-state index contributed by atoms with van der Waals surface area (Å²) in [5.74, 6) is 1.59. The number of aromatic nitrogens is 3. The molecule has 0 saturated carbocycles. The van der Waals surface area contributed by atoms with Crippen molar-refractivity contribution in [1.82, 2.24) is 15.0 Å². The molecule has 0 spiro atoms. The molecule has 0 aliphatic carbocycles. The molecule has 1 aliphatic rings. The van der Waals surface area contributed by atoms with Crippen molar-refractivity contribution in [1.29, 1.82) is 0 Å². The molecule has 0 bridgehead atoms. The van der Waals surface area contributed by atoms with Crippen LogP contribution in [0.25, 0.3) is 22.6 Å². The van der Waals surface area contributed by atoms with Crippen LogP contribution in [0.3, 0.4) is 0 Å². The number of para-hydroxylation sites is 1. The van der Waals surface area contributed by atoms with Gasteiger partial charge in [-0.15, -0.1) is 0 Å². The monoisotopic (exact) mass is 261 g/mol. The van der Waals surface area contributed by atoms with E-state index in [1.54, 1.807) is 12.4 Å². The predicted octanol–water partition coefficient (Wildman–Crippen LogP) is 3.10. The second-order valence-corrected chi connectivity index (χ2v) is 4.59. The second-order valence-electron chi connectivity index (χ2n) is 4.59. The van der Waals surface area contributed by atoms with Crippen LogP contribution in [0.5, 0.6) is 5.75 Å². The van der Waals surface area contributed by atoms with E-state index in [4.69, 9.17) is 9.72 Å². The smallest absolute Gasteiger partial charge is 0.159 e. The lowest BCUT2D eigenvalue weighted by Gasteiger charge is -2.19. The number of rotatable bonds is 1. The Morgan fingerprint density at radius 3 is 2.75 bits per heavy atom. The van der Waals surface area contributed by atoms with E-state index in [0.29, 0.717) is 12.4 Å². The molecule has 4 rings (SSSR count). The summed E-state index contributed by atoms with van der Waals surface area (Å²) in [5.41, 5.74) is 3.95. The molecule has 3 heterocycles. The Hall–Kier alpha value is -2.75. The fraction of sp³-hybridized carbons (Fsp3) is 0.0625. The zero-order valence-electron chi connectivity index (χ0n) is 10.7. The Bertz CT molecular complexity index is 772. The average molecular weight is 261 g/mol. The first kappa shape index (κ1) is 11.1. The van der Waals surface area contributed by atoms with Gasteiger partial charge in [-0.25, -0.2) is 9.97 Å². The minimum Gasteiger partial charge on any atom is -0.488 e. The van der Waals surface area contributed by atoms with Gasteiger partial charge in [-0.05, 0) is 24.3 Å². The first-order valence-electron chi connectivity index (χ1n) is 6.40. The maximum absolute atomic E-state index is 5.71. The third-order valence-corrected chi connectivity index (χ3v) is 3.33. The Balaban J connectivity index is 1.90. The van der Waals surface area contributed by atoms with Crippen molar-refractivity contribution < 1.29 is 4.74 Å². The number of fused-ring (bicyclic) bond motifs is 3. The lowest BCUT2D eigenvalue weighted by Crippen LogP contribution is -2.08. The summed E-state index contributed by atoms with van der Waals surface area (Å²) in [6.07, 6.45) is 5.33. The van der Waals surface area contributed by atoms with Gasteiger partial charge in [-0.1, -0.05) is 12.1 Å². The maximum atomic E-state index is 5.71. The van der Waals surface area contributed by atoms with Gasteiger partial charge in [0.25, 0.3) is 0 Å². The highest BCUT2D eigenvalue weighted by atomic mass is 16.5. The third kappa shape index (κ3) is 1.73. The average Bonchev–Trinajstić information content (AvgIpc) is 2.55. The van der Waals surface area contributed by atoms with Crippen LogP contribution >= 0.6 is 0 Å². The van der Waals surface area contributed by atoms with E-state index in [1.807, 2.05) is 42.6 Å². The first-order chi connectivity index (χ1) is 9.92. The quantitative estimate of drug-likeness (QED) is 0.675. The van der Waals surface area contributed by atoms with Crippen LogP contribution in [0.4, 0.5) is 0 Å². The van der Waals surface area contributed by atoms with Gasteiger partial charge < -0.3 is 4.74 Å². The third-order valence-electron chi connectivity index (χ3n) is 3.33. The highest BCUT2D eigenvalue weighted by molar-refractivity contribution is 5.73. The largest absolute Gasteiger partial charge is 0.488 e. The Morgan fingerprint density at radius 2 is 1.85 bits per heavy atom. The van der Waals surface area contributed by atoms with Crippen LogP contribution in [0.2, 0.25) is 0 Å². The minimum absolute atomic E-state index is 0.517. The summed E-state index contributed by atoms with van der Waals surface area (Å²) in [7, 11) is 0. The van der Waals surface area contributed by atoms with Crippen LogP contribution in [-0.2, 0) is 6.61 Å². The van der Waals surface area contributed by atoms with Gasteiger partial charge in [-0.2, -0.15) is 0 Å². The first-order valence-corrected chi connectivity index (χ1v) is 6.40. The molecule has 1 aromatic carbocycles. The molecule has 0 saturated heterocycles. The molecular weight excluding hydrogens is 250 g/mol. The summed E-state index contributed by atoms with van der Waals surface area (Å²) in [4.78, 5) is 13.1. The van der Waals surface area contributed by atoms with Gasteiger partial charge in [0.2, 0.25) is 0 Å². The summed E-state index contributed by atoms with van der Waals surface area (Å²) >= 11 is 0. The van der Waals surface area contributed by atoms with E-state index in [9.17, 15) is 0 Å². The Morgan fingerprint density at radius 1 is 1.00 bits per heavy atom. The van der Waals surface area contributed by atoms with E-state index in [0.717, 1.165) is 28.1 Å². The van der Waals surface area contributed by atoms with Gasteiger partial charge in [0.15, 0.2) is 5.82 Å².